The van der Waals surface area contributed by atoms with Crippen molar-refractivity contribution >= 4 is 0 Å². The van der Waals surface area contributed by atoms with E-state index in [1.807, 2.05) is 18.3 Å². The monoisotopic (exact) mass is 299 g/mol. The number of furan rings is 1. The molecule has 0 bridgehead atoms. The summed E-state index contributed by atoms with van der Waals surface area (Å²) in [5.74, 6) is 1.02. The van der Waals surface area contributed by atoms with Gasteiger partial charge in [-0.3, -0.25) is 14.8 Å². The fourth-order valence-corrected chi connectivity index (χ4v) is 3.34. The van der Waals surface area contributed by atoms with Gasteiger partial charge in [-0.15, -0.1) is 0 Å². The lowest BCUT2D eigenvalue weighted by atomic mass is 10.2. The molecule has 118 valence electrons. The first-order valence-corrected chi connectivity index (χ1v) is 8.24. The predicted molar refractivity (Wildman–Crippen MR) is 87.3 cm³/mol. The Morgan fingerprint density at radius 3 is 2.95 bits per heavy atom. The second-order valence-electron chi connectivity index (χ2n) is 5.99. The molecule has 1 atom stereocenters. The Morgan fingerprint density at radius 1 is 1.27 bits per heavy atom. The molecule has 1 saturated heterocycles. The summed E-state index contributed by atoms with van der Waals surface area (Å²) in [5, 5.41) is 0. The maximum Gasteiger partial charge on any atom is 0.117 e. The topological polar surface area (TPSA) is 32.5 Å². The van der Waals surface area contributed by atoms with Gasteiger partial charge >= 0.3 is 0 Å². The molecule has 0 aliphatic carbocycles. The zero-order valence-corrected chi connectivity index (χ0v) is 13.3. The molecule has 3 rings (SSSR count). The van der Waals surface area contributed by atoms with Gasteiger partial charge in [0.25, 0.3) is 0 Å². The third-order valence-corrected chi connectivity index (χ3v) is 4.45. The van der Waals surface area contributed by atoms with Crippen molar-refractivity contribution in [2.45, 2.75) is 38.9 Å². The highest BCUT2D eigenvalue weighted by Crippen LogP contribution is 2.19. The molecule has 2 aromatic rings. The maximum absolute atomic E-state index is 5.54. The molecule has 2 aromatic heterocycles. The fraction of sp³-hybridized carbons (Fsp3) is 0.500. The van der Waals surface area contributed by atoms with Gasteiger partial charge in [0, 0.05) is 25.3 Å². The van der Waals surface area contributed by atoms with Crippen molar-refractivity contribution in [2.75, 3.05) is 19.6 Å². The van der Waals surface area contributed by atoms with E-state index in [0.29, 0.717) is 6.04 Å². The minimum absolute atomic E-state index is 0.656. The van der Waals surface area contributed by atoms with Crippen LogP contribution >= 0.6 is 0 Å². The van der Waals surface area contributed by atoms with Crippen LogP contribution in [0.3, 0.4) is 0 Å². The molecule has 4 heteroatoms. The molecule has 0 aromatic carbocycles. The summed E-state index contributed by atoms with van der Waals surface area (Å²) in [6.45, 7) is 7.43. The Labute approximate surface area is 132 Å². The Balaban J connectivity index is 1.68. The van der Waals surface area contributed by atoms with Gasteiger partial charge in [-0.05, 0) is 50.2 Å². The number of likely N-dealkylation sites (tertiary alicyclic amines) is 1. The molecule has 1 aliphatic rings. The average molecular weight is 299 g/mol. The molecule has 0 unspecified atom stereocenters. The van der Waals surface area contributed by atoms with Crippen molar-refractivity contribution in [3.05, 3.63) is 54.2 Å². The first-order chi connectivity index (χ1) is 10.8. The third-order valence-electron chi connectivity index (χ3n) is 4.45. The van der Waals surface area contributed by atoms with Crippen LogP contribution in [0.4, 0.5) is 0 Å². The average Bonchev–Trinajstić information content (AvgIpc) is 3.20. The Hall–Kier alpha value is -1.65. The molecule has 0 radical (unpaired) electrons. The highest BCUT2D eigenvalue weighted by molar-refractivity contribution is 5.05. The van der Waals surface area contributed by atoms with Crippen molar-refractivity contribution in [2.24, 2.45) is 0 Å². The second kappa shape index (κ2) is 7.56. The number of rotatable bonds is 7. The highest BCUT2D eigenvalue weighted by atomic mass is 16.3. The molecular weight excluding hydrogens is 274 g/mol. The summed E-state index contributed by atoms with van der Waals surface area (Å²) in [7, 11) is 0. The Morgan fingerprint density at radius 2 is 2.23 bits per heavy atom. The van der Waals surface area contributed by atoms with E-state index < -0.39 is 0 Å². The zero-order valence-electron chi connectivity index (χ0n) is 13.3. The van der Waals surface area contributed by atoms with Crippen molar-refractivity contribution in [3.63, 3.8) is 0 Å². The Bertz CT molecular complexity index is 541. The molecule has 0 spiro atoms. The van der Waals surface area contributed by atoms with Crippen LogP contribution in [0.15, 0.2) is 47.2 Å². The van der Waals surface area contributed by atoms with Gasteiger partial charge in [-0.1, -0.05) is 13.0 Å². The second-order valence-corrected chi connectivity index (χ2v) is 5.99. The number of hydrogen-bond donors (Lipinski definition) is 0. The van der Waals surface area contributed by atoms with Gasteiger partial charge in [0.15, 0.2) is 0 Å². The number of pyridine rings is 1. The number of likely N-dealkylation sites (N-methyl/N-ethyl adjacent to an activating group) is 1. The lowest BCUT2D eigenvalue weighted by Crippen LogP contribution is -2.39. The van der Waals surface area contributed by atoms with Crippen LogP contribution in [0.5, 0.6) is 0 Å². The SMILES string of the molecule is CCN1CCC[C@@H]1CN(Cc1ccccn1)Cc1ccco1. The van der Waals surface area contributed by atoms with Crippen molar-refractivity contribution in [3.8, 4) is 0 Å². The minimum atomic E-state index is 0.656. The Kier molecular flexibility index (Phi) is 5.24. The van der Waals surface area contributed by atoms with E-state index in [1.54, 1.807) is 6.26 Å². The molecule has 1 fully saturated rings. The minimum Gasteiger partial charge on any atom is -0.468 e. The lowest BCUT2D eigenvalue weighted by Gasteiger charge is -2.29. The summed E-state index contributed by atoms with van der Waals surface area (Å²) < 4.78 is 5.54. The van der Waals surface area contributed by atoms with Crippen LogP contribution in [0.25, 0.3) is 0 Å². The predicted octanol–water partition coefficient (Wildman–Crippen LogP) is 3.16. The van der Waals surface area contributed by atoms with Crippen LogP contribution in [-0.4, -0.2) is 40.5 Å². The smallest absolute Gasteiger partial charge is 0.117 e. The number of aromatic nitrogens is 1. The summed E-state index contributed by atoms with van der Waals surface area (Å²) >= 11 is 0. The molecule has 3 heterocycles. The van der Waals surface area contributed by atoms with Gasteiger partial charge in [-0.25, -0.2) is 0 Å². The highest BCUT2D eigenvalue weighted by Gasteiger charge is 2.25. The van der Waals surface area contributed by atoms with E-state index in [0.717, 1.165) is 37.6 Å². The quantitative estimate of drug-likeness (QED) is 0.786. The first-order valence-electron chi connectivity index (χ1n) is 8.24. The molecule has 1 aliphatic heterocycles. The molecule has 0 amide bonds. The van der Waals surface area contributed by atoms with Gasteiger partial charge < -0.3 is 4.42 Å². The van der Waals surface area contributed by atoms with E-state index >= 15 is 0 Å². The van der Waals surface area contributed by atoms with Crippen molar-refractivity contribution in [1.82, 2.24) is 14.8 Å². The fourth-order valence-electron chi connectivity index (χ4n) is 3.34. The van der Waals surface area contributed by atoms with E-state index in [2.05, 4.69) is 39.9 Å². The zero-order chi connectivity index (χ0) is 15.2. The van der Waals surface area contributed by atoms with Crippen LogP contribution < -0.4 is 0 Å². The van der Waals surface area contributed by atoms with Crippen molar-refractivity contribution < 1.29 is 4.42 Å². The standard InChI is InChI=1S/C18H25N3O/c1-2-21-11-5-8-17(21)14-20(15-18-9-6-12-22-18)13-16-7-3-4-10-19-16/h3-4,6-7,9-10,12,17H,2,5,8,11,13-15H2,1H3/t17-/m1/s1. The normalized spacial score (nSPS) is 19.1. The van der Waals surface area contributed by atoms with E-state index in [4.69, 9.17) is 4.42 Å². The molecular formula is C18H25N3O. The third kappa shape index (κ3) is 3.96. The van der Waals surface area contributed by atoms with Crippen LogP contribution in [0.2, 0.25) is 0 Å². The lowest BCUT2D eigenvalue weighted by molar-refractivity contribution is 0.157. The molecule has 4 nitrogen and oxygen atoms in total. The van der Waals surface area contributed by atoms with Crippen LogP contribution in [0, 0.1) is 0 Å². The molecule has 0 N–H and O–H groups in total. The summed E-state index contributed by atoms with van der Waals surface area (Å²) in [6, 6.07) is 10.8. The number of nitrogens with zero attached hydrogens (tertiary/aromatic N) is 3. The van der Waals surface area contributed by atoms with Crippen LogP contribution in [0.1, 0.15) is 31.2 Å². The maximum atomic E-state index is 5.54. The van der Waals surface area contributed by atoms with E-state index in [-0.39, 0.29) is 0 Å². The van der Waals surface area contributed by atoms with Gasteiger partial charge in [0.1, 0.15) is 5.76 Å². The van der Waals surface area contributed by atoms with E-state index in [1.165, 1.54) is 19.4 Å². The largest absolute Gasteiger partial charge is 0.468 e. The van der Waals surface area contributed by atoms with Crippen molar-refractivity contribution in [1.29, 1.82) is 0 Å². The van der Waals surface area contributed by atoms with E-state index in [9.17, 15) is 0 Å². The van der Waals surface area contributed by atoms with Gasteiger partial charge in [-0.2, -0.15) is 0 Å². The molecule has 22 heavy (non-hydrogen) atoms. The molecule has 0 saturated carbocycles. The number of hydrogen-bond acceptors (Lipinski definition) is 4. The van der Waals surface area contributed by atoms with Gasteiger partial charge in [0.05, 0.1) is 18.5 Å². The summed E-state index contributed by atoms with van der Waals surface area (Å²) in [6.07, 6.45) is 6.23. The van der Waals surface area contributed by atoms with Crippen LogP contribution in [-0.2, 0) is 13.1 Å². The van der Waals surface area contributed by atoms with Gasteiger partial charge in [0.2, 0.25) is 0 Å². The summed E-state index contributed by atoms with van der Waals surface area (Å²) in [4.78, 5) is 9.52. The first kappa shape index (κ1) is 15.3. The summed E-state index contributed by atoms with van der Waals surface area (Å²) in [5.41, 5.74) is 1.12.